The van der Waals surface area contributed by atoms with Crippen LogP contribution in [0.4, 0.5) is 18.0 Å². The normalized spacial score (nSPS) is 13.2. The third kappa shape index (κ3) is 6.15. The number of nitrogens with one attached hydrogen (secondary N) is 1. The molecule has 0 saturated heterocycles. The number of rotatable bonds is 4. The second-order valence-electron chi connectivity index (χ2n) is 3.57. The van der Waals surface area contributed by atoms with Crippen molar-refractivity contribution in [3.8, 4) is 0 Å². The molecular weight excluding hydrogens is 255 g/mol. The molecule has 1 unspecified atom stereocenters. The summed E-state index contributed by atoms with van der Waals surface area (Å²) in [6, 6.07) is 1.62. The molecule has 0 spiro atoms. The number of hydrogen-bond acceptors (Lipinski definition) is 3. The summed E-state index contributed by atoms with van der Waals surface area (Å²) in [6.45, 7) is 0.135. The highest BCUT2D eigenvalue weighted by molar-refractivity contribution is 7.07. The van der Waals surface area contributed by atoms with Crippen LogP contribution in [0.25, 0.3) is 0 Å². The van der Waals surface area contributed by atoms with Gasteiger partial charge in [0.05, 0.1) is 0 Å². The first-order valence-corrected chi connectivity index (χ1v) is 5.82. The van der Waals surface area contributed by atoms with E-state index < -0.39 is 18.9 Å². The van der Waals surface area contributed by atoms with Gasteiger partial charge in [0.25, 0.3) is 0 Å². The predicted octanol–water partition coefficient (Wildman–Crippen LogP) is 2.97. The predicted molar refractivity (Wildman–Crippen MR) is 58.0 cm³/mol. The Balaban J connectivity index is 2.26. The van der Waals surface area contributed by atoms with Crippen molar-refractivity contribution < 1.29 is 22.7 Å². The Hall–Kier alpha value is -1.24. The van der Waals surface area contributed by atoms with E-state index in [1.807, 2.05) is 16.8 Å². The molecule has 0 aliphatic heterocycles. The number of alkyl halides is 3. The van der Waals surface area contributed by atoms with Crippen molar-refractivity contribution in [2.45, 2.75) is 25.6 Å². The fourth-order valence-electron chi connectivity index (χ4n) is 1.20. The number of carbonyl (C=O) groups excluding carboxylic acids is 1. The van der Waals surface area contributed by atoms with Gasteiger partial charge in [0.15, 0.2) is 6.61 Å². The summed E-state index contributed by atoms with van der Waals surface area (Å²) in [7, 11) is 0. The fourth-order valence-corrected chi connectivity index (χ4v) is 1.89. The van der Waals surface area contributed by atoms with Gasteiger partial charge in [-0.05, 0) is 35.7 Å². The first kappa shape index (κ1) is 13.8. The summed E-state index contributed by atoms with van der Waals surface area (Å²) < 4.78 is 39.3. The van der Waals surface area contributed by atoms with Crippen molar-refractivity contribution in [3.63, 3.8) is 0 Å². The molecule has 0 saturated carbocycles. The van der Waals surface area contributed by atoms with E-state index >= 15 is 0 Å². The average molecular weight is 267 g/mol. The van der Waals surface area contributed by atoms with Crippen LogP contribution in [0.1, 0.15) is 12.5 Å². The zero-order chi connectivity index (χ0) is 12.9. The van der Waals surface area contributed by atoms with E-state index in [-0.39, 0.29) is 6.04 Å². The maximum absolute atomic E-state index is 11.8. The largest absolute Gasteiger partial charge is 0.440 e. The third-order valence-electron chi connectivity index (χ3n) is 1.85. The van der Waals surface area contributed by atoms with Gasteiger partial charge in [0, 0.05) is 6.04 Å². The van der Waals surface area contributed by atoms with Gasteiger partial charge in [-0.3, -0.25) is 0 Å². The summed E-state index contributed by atoms with van der Waals surface area (Å²) in [4.78, 5) is 11.0. The highest BCUT2D eigenvalue weighted by Gasteiger charge is 2.29. The lowest BCUT2D eigenvalue weighted by Crippen LogP contribution is -2.36. The van der Waals surface area contributed by atoms with E-state index in [1.54, 1.807) is 6.92 Å². The maximum atomic E-state index is 11.8. The highest BCUT2D eigenvalue weighted by Crippen LogP contribution is 2.14. The summed E-state index contributed by atoms with van der Waals surface area (Å²) in [6.07, 6.45) is -4.98. The fraction of sp³-hybridized carbons (Fsp3) is 0.500. The van der Waals surface area contributed by atoms with E-state index in [9.17, 15) is 18.0 Å². The number of ether oxygens (including phenoxy) is 1. The molecule has 1 N–H and O–H groups in total. The average Bonchev–Trinajstić information content (AvgIpc) is 2.66. The Morgan fingerprint density at radius 1 is 1.59 bits per heavy atom. The van der Waals surface area contributed by atoms with E-state index in [4.69, 9.17) is 0 Å². The molecule has 7 heteroatoms. The quantitative estimate of drug-likeness (QED) is 0.910. The van der Waals surface area contributed by atoms with E-state index in [2.05, 4.69) is 10.1 Å². The monoisotopic (exact) mass is 267 g/mol. The molecule has 0 aliphatic carbocycles. The maximum Gasteiger partial charge on any atom is 0.422 e. The summed E-state index contributed by atoms with van der Waals surface area (Å²) in [5.41, 5.74) is 1.03. The standard InChI is InChI=1S/C10H12F3NO2S/c1-7(4-8-2-3-17-5-8)14-9(15)16-6-10(11,12)13/h2-3,5,7H,4,6H2,1H3,(H,14,15). The third-order valence-corrected chi connectivity index (χ3v) is 2.59. The molecule has 0 aliphatic rings. The molecule has 17 heavy (non-hydrogen) atoms. The number of amides is 1. The van der Waals surface area contributed by atoms with Gasteiger partial charge in [-0.1, -0.05) is 0 Å². The van der Waals surface area contributed by atoms with Crippen molar-refractivity contribution in [2.75, 3.05) is 6.61 Å². The van der Waals surface area contributed by atoms with Crippen molar-refractivity contribution in [1.29, 1.82) is 0 Å². The second kappa shape index (κ2) is 5.90. The molecule has 0 radical (unpaired) electrons. The molecule has 96 valence electrons. The smallest absolute Gasteiger partial charge is 0.422 e. The summed E-state index contributed by atoms with van der Waals surface area (Å²) in [5, 5.41) is 6.14. The van der Waals surface area contributed by atoms with E-state index in [0.29, 0.717) is 6.42 Å². The zero-order valence-electron chi connectivity index (χ0n) is 9.08. The first-order valence-electron chi connectivity index (χ1n) is 4.88. The van der Waals surface area contributed by atoms with Crippen LogP contribution in [-0.4, -0.2) is 24.9 Å². The van der Waals surface area contributed by atoms with Gasteiger partial charge < -0.3 is 10.1 Å². The SMILES string of the molecule is CC(Cc1ccsc1)NC(=O)OCC(F)(F)F. The van der Waals surface area contributed by atoms with Gasteiger partial charge in [-0.25, -0.2) is 4.79 Å². The minimum Gasteiger partial charge on any atom is -0.440 e. The minimum atomic E-state index is -4.49. The lowest BCUT2D eigenvalue weighted by Gasteiger charge is -2.14. The van der Waals surface area contributed by atoms with Crippen LogP contribution in [0.5, 0.6) is 0 Å². The topological polar surface area (TPSA) is 38.3 Å². The van der Waals surface area contributed by atoms with Gasteiger partial charge in [0.2, 0.25) is 0 Å². The van der Waals surface area contributed by atoms with Gasteiger partial charge in [-0.2, -0.15) is 24.5 Å². The molecule has 1 aromatic heterocycles. The van der Waals surface area contributed by atoms with Crippen molar-refractivity contribution in [3.05, 3.63) is 22.4 Å². The van der Waals surface area contributed by atoms with Gasteiger partial charge in [-0.15, -0.1) is 0 Å². The van der Waals surface area contributed by atoms with Gasteiger partial charge in [0.1, 0.15) is 0 Å². The molecule has 1 aromatic rings. The zero-order valence-corrected chi connectivity index (χ0v) is 9.90. The van der Waals surface area contributed by atoms with Gasteiger partial charge >= 0.3 is 12.3 Å². The molecule has 0 bridgehead atoms. The number of halogens is 3. The van der Waals surface area contributed by atoms with Crippen molar-refractivity contribution in [2.24, 2.45) is 0 Å². The minimum absolute atomic E-state index is 0.273. The lowest BCUT2D eigenvalue weighted by molar-refractivity contribution is -0.160. The molecule has 1 atom stereocenters. The van der Waals surface area contributed by atoms with Crippen molar-refractivity contribution >= 4 is 17.4 Å². The summed E-state index contributed by atoms with van der Waals surface area (Å²) >= 11 is 1.52. The second-order valence-corrected chi connectivity index (χ2v) is 4.35. The Bertz CT molecular complexity index is 351. The number of alkyl carbamates (subject to hydrolysis) is 1. The van der Waals surface area contributed by atoms with Crippen LogP contribution in [0.3, 0.4) is 0 Å². The van der Waals surface area contributed by atoms with Crippen LogP contribution in [-0.2, 0) is 11.2 Å². The Morgan fingerprint density at radius 3 is 2.82 bits per heavy atom. The van der Waals surface area contributed by atoms with E-state index in [0.717, 1.165) is 5.56 Å². The number of thiophene rings is 1. The number of hydrogen-bond donors (Lipinski definition) is 1. The molecule has 0 fully saturated rings. The molecule has 1 heterocycles. The Labute approximate surface area is 101 Å². The molecule has 1 rings (SSSR count). The van der Waals surface area contributed by atoms with Crippen molar-refractivity contribution in [1.82, 2.24) is 5.32 Å². The summed E-state index contributed by atoms with van der Waals surface area (Å²) in [5.74, 6) is 0. The van der Waals surface area contributed by atoms with Crippen LogP contribution in [0.15, 0.2) is 16.8 Å². The molecular formula is C10H12F3NO2S. The van der Waals surface area contributed by atoms with Crippen LogP contribution in [0.2, 0.25) is 0 Å². The van der Waals surface area contributed by atoms with E-state index in [1.165, 1.54) is 11.3 Å². The number of carbonyl (C=O) groups is 1. The lowest BCUT2D eigenvalue weighted by atomic mass is 10.1. The van der Waals surface area contributed by atoms with Crippen LogP contribution < -0.4 is 5.32 Å². The molecule has 1 amide bonds. The first-order chi connectivity index (χ1) is 7.87. The van der Waals surface area contributed by atoms with Crippen LogP contribution >= 0.6 is 11.3 Å². The Kier molecular flexibility index (Phi) is 4.80. The molecule has 0 aromatic carbocycles. The van der Waals surface area contributed by atoms with Crippen LogP contribution in [0, 0.1) is 0 Å². The molecule has 3 nitrogen and oxygen atoms in total. The highest BCUT2D eigenvalue weighted by atomic mass is 32.1. The Morgan fingerprint density at radius 2 is 2.29 bits per heavy atom.